The van der Waals surface area contributed by atoms with Gasteiger partial charge in [-0.15, -0.1) is 11.3 Å². The molecule has 25 heavy (non-hydrogen) atoms. The second-order valence-electron chi connectivity index (χ2n) is 6.69. The molecule has 1 fully saturated rings. The van der Waals surface area contributed by atoms with Crippen molar-refractivity contribution in [3.63, 3.8) is 0 Å². The van der Waals surface area contributed by atoms with Crippen molar-refractivity contribution in [2.45, 2.75) is 49.4 Å². The summed E-state index contributed by atoms with van der Waals surface area (Å²) in [5.41, 5.74) is 2.48. The van der Waals surface area contributed by atoms with E-state index in [9.17, 15) is 4.79 Å². The number of hydrogen-bond donors (Lipinski definition) is 2. The fourth-order valence-corrected chi connectivity index (χ4v) is 5.24. The fraction of sp³-hybridized carbons (Fsp3) is 0.474. The second-order valence-corrected chi connectivity index (χ2v) is 8.94. The molecular formula is C19H24N2O2S2. The summed E-state index contributed by atoms with van der Waals surface area (Å²) < 4.78 is 2.38. The number of benzene rings is 1. The highest BCUT2D eigenvalue weighted by atomic mass is 32.2. The van der Waals surface area contributed by atoms with E-state index in [1.54, 1.807) is 11.3 Å². The molecule has 0 spiro atoms. The first kappa shape index (κ1) is 18.3. The summed E-state index contributed by atoms with van der Waals surface area (Å²) in [5.74, 6) is 1.67. The van der Waals surface area contributed by atoms with Gasteiger partial charge in [0.1, 0.15) is 0 Å². The molecule has 0 unspecified atom stereocenters. The Kier molecular flexibility index (Phi) is 6.37. The molecule has 6 heteroatoms. The van der Waals surface area contributed by atoms with Gasteiger partial charge in [-0.1, -0.05) is 35.5 Å². The quantitative estimate of drug-likeness (QED) is 0.512. The summed E-state index contributed by atoms with van der Waals surface area (Å²) in [6.45, 7) is 2.19. The van der Waals surface area contributed by atoms with Gasteiger partial charge in [0.05, 0.1) is 10.2 Å². The van der Waals surface area contributed by atoms with Crippen LogP contribution in [0.5, 0.6) is 0 Å². The van der Waals surface area contributed by atoms with Gasteiger partial charge in [0, 0.05) is 11.8 Å². The molecule has 0 bridgehead atoms. The first-order valence-corrected chi connectivity index (χ1v) is 10.5. The van der Waals surface area contributed by atoms with Gasteiger partial charge in [0.25, 0.3) is 0 Å². The Hall–Kier alpha value is -1.53. The smallest absolute Gasteiger partial charge is 0.404 e. The molecule has 4 nitrogen and oxygen atoms in total. The Bertz CT molecular complexity index is 716. The van der Waals surface area contributed by atoms with E-state index in [0.29, 0.717) is 5.92 Å². The SMILES string of the molecule is CC(=CCC1CCC(NC(=O)O)CC1)CSc1nc2ccccc2s1. The van der Waals surface area contributed by atoms with Gasteiger partial charge in [-0.25, -0.2) is 9.78 Å². The maximum absolute atomic E-state index is 10.7. The minimum absolute atomic E-state index is 0.147. The second kappa shape index (κ2) is 8.72. The van der Waals surface area contributed by atoms with Gasteiger partial charge in [-0.3, -0.25) is 0 Å². The summed E-state index contributed by atoms with van der Waals surface area (Å²) in [6.07, 6.45) is 6.71. The molecular weight excluding hydrogens is 352 g/mol. The van der Waals surface area contributed by atoms with Crippen LogP contribution in [0.15, 0.2) is 40.3 Å². The third kappa shape index (κ3) is 5.47. The number of nitrogens with zero attached hydrogens (tertiary/aromatic N) is 1. The summed E-state index contributed by atoms with van der Waals surface area (Å²) in [5, 5.41) is 11.4. The number of thioether (sulfide) groups is 1. The highest BCUT2D eigenvalue weighted by Crippen LogP contribution is 2.31. The first-order chi connectivity index (χ1) is 12.1. The number of allylic oxidation sites excluding steroid dienone is 1. The predicted molar refractivity (Wildman–Crippen MR) is 106 cm³/mol. The summed E-state index contributed by atoms with van der Waals surface area (Å²) >= 11 is 3.57. The van der Waals surface area contributed by atoms with Crippen molar-refractivity contribution < 1.29 is 9.90 Å². The minimum atomic E-state index is -0.897. The lowest BCUT2D eigenvalue weighted by Crippen LogP contribution is -2.36. The van der Waals surface area contributed by atoms with Crippen molar-refractivity contribution in [1.29, 1.82) is 0 Å². The lowest BCUT2D eigenvalue weighted by atomic mass is 9.84. The molecule has 134 valence electrons. The number of carbonyl (C=O) groups is 1. The molecule has 3 rings (SSSR count). The Morgan fingerprint density at radius 3 is 2.84 bits per heavy atom. The molecule has 1 aromatic carbocycles. The zero-order valence-electron chi connectivity index (χ0n) is 14.4. The third-order valence-electron chi connectivity index (χ3n) is 4.67. The monoisotopic (exact) mass is 376 g/mol. The van der Waals surface area contributed by atoms with Crippen LogP contribution in [0.25, 0.3) is 10.2 Å². The normalized spacial score (nSPS) is 21.4. The zero-order valence-corrected chi connectivity index (χ0v) is 16.0. The lowest BCUT2D eigenvalue weighted by molar-refractivity contribution is 0.182. The van der Waals surface area contributed by atoms with Crippen molar-refractivity contribution in [3.8, 4) is 0 Å². The Labute approximate surface area is 156 Å². The average molecular weight is 377 g/mol. The number of fused-ring (bicyclic) bond motifs is 1. The summed E-state index contributed by atoms with van der Waals surface area (Å²) in [7, 11) is 0. The Morgan fingerprint density at radius 1 is 1.36 bits per heavy atom. The molecule has 0 aliphatic heterocycles. The van der Waals surface area contributed by atoms with Crippen molar-refractivity contribution >= 4 is 39.4 Å². The molecule has 1 aliphatic rings. The molecule has 0 radical (unpaired) electrons. The molecule has 2 N–H and O–H groups in total. The largest absolute Gasteiger partial charge is 0.465 e. The van der Waals surface area contributed by atoms with E-state index in [-0.39, 0.29) is 6.04 Å². The number of nitrogens with one attached hydrogen (secondary N) is 1. The third-order valence-corrected chi connectivity index (χ3v) is 7.04. The van der Waals surface area contributed by atoms with Crippen molar-refractivity contribution in [3.05, 3.63) is 35.9 Å². The van der Waals surface area contributed by atoms with E-state index in [0.717, 1.165) is 47.7 Å². The highest BCUT2D eigenvalue weighted by Gasteiger charge is 2.21. The van der Waals surface area contributed by atoms with Crippen LogP contribution < -0.4 is 5.32 Å². The van der Waals surface area contributed by atoms with E-state index in [4.69, 9.17) is 5.11 Å². The molecule has 1 saturated carbocycles. The van der Waals surface area contributed by atoms with Crippen LogP contribution in [0.3, 0.4) is 0 Å². The maximum Gasteiger partial charge on any atom is 0.404 e. The Morgan fingerprint density at radius 2 is 2.12 bits per heavy atom. The number of thiazole rings is 1. The van der Waals surface area contributed by atoms with Gasteiger partial charge in [-0.05, 0) is 57.1 Å². The van der Waals surface area contributed by atoms with E-state index in [2.05, 4.69) is 41.5 Å². The number of aromatic nitrogens is 1. The molecule has 1 aliphatic carbocycles. The van der Waals surface area contributed by atoms with Crippen LogP contribution in [-0.4, -0.2) is 28.0 Å². The molecule has 0 saturated heterocycles. The van der Waals surface area contributed by atoms with Crippen LogP contribution in [0, 0.1) is 5.92 Å². The maximum atomic E-state index is 10.7. The van der Waals surface area contributed by atoms with Gasteiger partial charge >= 0.3 is 6.09 Å². The lowest BCUT2D eigenvalue weighted by Gasteiger charge is -2.27. The van der Waals surface area contributed by atoms with E-state index >= 15 is 0 Å². The van der Waals surface area contributed by atoms with Gasteiger partial charge in [0.15, 0.2) is 4.34 Å². The zero-order chi connectivity index (χ0) is 17.6. The van der Waals surface area contributed by atoms with Crippen molar-refractivity contribution in [2.24, 2.45) is 5.92 Å². The topological polar surface area (TPSA) is 62.2 Å². The first-order valence-electron chi connectivity index (χ1n) is 8.73. The van der Waals surface area contributed by atoms with Gasteiger partial charge in [0.2, 0.25) is 0 Å². The fourth-order valence-electron chi connectivity index (χ4n) is 3.23. The standard InChI is InChI=1S/C19H24N2O2S2/c1-13(6-7-14-8-10-15(11-9-14)20-18(22)23)12-24-19-21-16-4-2-3-5-17(16)25-19/h2-6,14-15,20H,7-12H2,1H3,(H,22,23). The molecule has 1 heterocycles. The molecule has 0 atom stereocenters. The average Bonchev–Trinajstić information content (AvgIpc) is 3.02. The van der Waals surface area contributed by atoms with Crippen LogP contribution in [0.4, 0.5) is 4.79 Å². The summed E-state index contributed by atoms with van der Waals surface area (Å²) in [6, 6.07) is 8.42. The highest BCUT2D eigenvalue weighted by molar-refractivity contribution is 8.01. The van der Waals surface area contributed by atoms with Crippen LogP contribution in [-0.2, 0) is 0 Å². The number of amides is 1. The number of para-hydroxylation sites is 1. The van der Waals surface area contributed by atoms with Crippen molar-refractivity contribution in [1.82, 2.24) is 10.3 Å². The van der Waals surface area contributed by atoms with Gasteiger partial charge in [-0.2, -0.15) is 0 Å². The van der Waals surface area contributed by atoms with E-state index in [1.807, 2.05) is 17.8 Å². The van der Waals surface area contributed by atoms with Crippen LogP contribution in [0.2, 0.25) is 0 Å². The van der Waals surface area contributed by atoms with Gasteiger partial charge < -0.3 is 10.4 Å². The number of carboxylic acid groups (broad SMARTS) is 1. The number of rotatable bonds is 6. The number of hydrogen-bond acceptors (Lipinski definition) is 4. The molecule has 1 amide bonds. The summed E-state index contributed by atoms with van der Waals surface area (Å²) in [4.78, 5) is 15.3. The molecule has 2 aromatic rings. The van der Waals surface area contributed by atoms with Crippen LogP contribution in [0.1, 0.15) is 39.0 Å². The van der Waals surface area contributed by atoms with Crippen LogP contribution >= 0.6 is 23.1 Å². The predicted octanol–water partition coefficient (Wildman–Crippen LogP) is 5.55. The molecule has 1 aromatic heterocycles. The van der Waals surface area contributed by atoms with Crippen molar-refractivity contribution in [2.75, 3.05) is 5.75 Å². The Balaban J connectivity index is 1.42. The van der Waals surface area contributed by atoms with E-state index in [1.165, 1.54) is 10.3 Å². The van der Waals surface area contributed by atoms with E-state index < -0.39 is 6.09 Å². The minimum Gasteiger partial charge on any atom is -0.465 e.